The highest BCUT2D eigenvalue weighted by molar-refractivity contribution is 6.48. The monoisotopic (exact) mass is 386 g/mol. The molecule has 0 radical (unpaired) electrons. The highest BCUT2D eigenvalue weighted by atomic mass is 35.5. The summed E-state index contributed by atoms with van der Waals surface area (Å²) < 4.78 is 132. The van der Waals surface area contributed by atoms with Crippen molar-refractivity contribution in [1.82, 2.24) is 0 Å². The predicted octanol–water partition coefficient (Wildman–Crippen LogP) is 5.46. The van der Waals surface area contributed by atoms with Crippen LogP contribution in [0.5, 0.6) is 0 Å². The highest BCUT2D eigenvalue weighted by Gasteiger charge is 2.93. The third-order valence-electron chi connectivity index (χ3n) is 2.04. The third kappa shape index (κ3) is 2.60. The summed E-state index contributed by atoms with van der Waals surface area (Å²) in [7, 11) is 0. The molecule has 0 saturated carbocycles. The van der Waals surface area contributed by atoms with Crippen LogP contribution in [-0.2, 0) is 0 Å². The van der Waals surface area contributed by atoms with Crippen molar-refractivity contribution in [1.29, 1.82) is 0 Å². The van der Waals surface area contributed by atoms with Gasteiger partial charge in [-0.05, 0) is 11.6 Å². The molecule has 0 aliphatic rings. The molecule has 0 N–H and O–H groups in total. The molecule has 0 heterocycles. The number of rotatable bonds is 3. The van der Waals surface area contributed by atoms with E-state index in [1.165, 1.54) is 0 Å². The van der Waals surface area contributed by atoms with Gasteiger partial charge in [0.25, 0.3) is 0 Å². The molecule has 0 aromatic carbocycles. The molecule has 0 aliphatic carbocycles. The Morgan fingerprint density at radius 1 is 0.450 bits per heavy atom. The summed E-state index contributed by atoms with van der Waals surface area (Å²) in [5, 5.41) is -6.59. The molecule has 14 heteroatoms. The van der Waals surface area contributed by atoms with Crippen LogP contribution in [0, 0.1) is 0 Å². The minimum Gasteiger partial charge on any atom is -0.223 e. The van der Waals surface area contributed by atoms with Crippen molar-refractivity contribution >= 4 is 34.8 Å². The van der Waals surface area contributed by atoms with Gasteiger partial charge < -0.3 is 0 Å². The first-order chi connectivity index (χ1) is 8.25. The molecular weight excluding hydrogens is 387 g/mol. The largest absolute Gasteiger partial charge is 0.433 e. The number of hydrogen-bond acceptors (Lipinski definition) is 0. The molecule has 20 heavy (non-hydrogen) atoms. The van der Waals surface area contributed by atoms with Gasteiger partial charge in [-0.15, -0.1) is 0 Å². The Morgan fingerprint density at radius 3 is 0.750 bits per heavy atom. The van der Waals surface area contributed by atoms with Crippen LogP contribution in [0.2, 0.25) is 0 Å². The lowest BCUT2D eigenvalue weighted by atomic mass is 9.85. The van der Waals surface area contributed by atoms with E-state index in [0.717, 1.165) is 0 Å². The Kier molecular flexibility index (Phi) is 4.83. The zero-order valence-corrected chi connectivity index (χ0v) is 10.6. The van der Waals surface area contributed by atoms with Gasteiger partial charge in [0.05, 0.1) is 0 Å². The molecule has 0 nitrogen and oxygen atoms in total. The van der Waals surface area contributed by atoms with Crippen molar-refractivity contribution in [3.63, 3.8) is 0 Å². The van der Waals surface area contributed by atoms with Crippen LogP contribution in [0.4, 0.5) is 48.3 Å². The zero-order valence-electron chi connectivity index (χ0n) is 8.29. The van der Waals surface area contributed by atoms with E-state index in [4.69, 9.17) is 0 Å². The first-order valence-electron chi connectivity index (χ1n) is 3.90. The lowest BCUT2D eigenvalue weighted by Gasteiger charge is -2.44. The zero-order chi connectivity index (χ0) is 17.0. The van der Waals surface area contributed by atoms with Crippen LogP contribution in [0.1, 0.15) is 0 Å². The maximum atomic E-state index is 13.4. The van der Waals surface area contributed by atoms with Gasteiger partial charge in [-0.3, -0.25) is 0 Å². The molecule has 0 aliphatic heterocycles. The summed E-state index contributed by atoms with van der Waals surface area (Å²) in [6, 6.07) is 0. The maximum Gasteiger partial charge on any atom is 0.433 e. The van der Waals surface area contributed by atoms with Crippen LogP contribution >= 0.6 is 34.8 Å². The molecule has 122 valence electrons. The van der Waals surface area contributed by atoms with Crippen LogP contribution in [0.25, 0.3) is 0 Å². The average Bonchev–Trinajstić information content (AvgIpc) is 2.07. The van der Waals surface area contributed by atoms with Crippen molar-refractivity contribution in [3.8, 4) is 0 Å². The normalized spacial score (nSPS) is 21.3. The standard InChI is InChI=1S/C6Cl3F11/c7-3(8,12)1(10,5(15,16)17)2(11,4(9,13)14)6(18,19)20. The van der Waals surface area contributed by atoms with Crippen LogP contribution in [-0.4, -0.2) is 33.7 Å². The second-order valence-electron chi connectivity index (χ2n) is 3.31. The quantitative estimate of drug-likeness (QED) is 0.446. The molecular formula is C6Cl3F11. The molecule has 0 aromatic rings. The van der Waals surface area contributed by atoms with Gasteiger partial charge in [-0.25, -0.2) is 13.2 Å². The van der Waals surface area contributed by atoms with Crippen molar-refractivity contribution in [2.24, 2.45) is 0 Å². The van der Waals surface area contributed by atoms with E-state index < -0.39 is 33.7 Å². The van der Waals surface area contributed by atoms with Gasteiger partial charge in [0.15, 0.2) is 0 Å². The Balaban J connectivity index is 6.71. The molecule has 0 aromatic heterocycles. The van der Waals surface area contributed by atoms with Crippen molar-refractivity contribution in [3.05, 3.63) is 0 Å². The van der Waals surface area contributed by atoms with E-state index >= 15 is 0 Å². The van der Waals surface area contributed by atoms with Crippen LogP contribution in [0.3, 0.4) is 0 Å². The van der Waals surface area contributed by atoms with Crippen molar-refractivity contribution in [2.45, 2.75) is 33.7 Å². The van der Waals surface area contributed by atoms with Crippen molar-refractivity contribution in [2.75, 3.05) is 0 Å². The maximum absolute atomic E-state index is 13.4. The van der Waals surface area contributed by atoms with Gasteiger partial charge in [-0.2, -0.15) is 35.1 Å². The minimum atomic E-state index is -7.32. The molecule has 0 rings (SSSR count). The number of halogens is 14. The topological polar surface area (TPSA) is 0 Å². The van der Waals surface area contributed by atoms with Crippen molar-refractivity contribution < 1.29 is 48.3 Å². The number of alkyl halides is 14. The van der Waals surface area contributed by atoms with E-state index in [-0.39, 0.29) is 0 Å². The second kappa shape index (κ2) is 4.80. The lowest BCUT2D eigenvalue weighted by molar-refractivity contribution is -0.385. The Morgan fingerprint density at radius 2 is 0.700 bits per heavy atom. The lowest BCUT2D eigenvalue weighted by Crippen LogP contribution is -2.75. The van der Waals surface area contributed by atoms with E-state index in [2.05, 4.69) is 34.8 Å². The van der Waals surface area contributed by atoms with E-state index in [9.17, 15) is 48.3 Å². The summed E-state index contributed by atoms with van der Waals surface area (Å²) in [6.07, 6.45) is -14.5. The fraction of sp³-hybridized carbons (Fsp3) is 1.00. The smallest absolute Gasteiger partial charge is 0.223 e. The summed E-state index contributed by atoms with van der Waals surface area (Å²) in [5.41, 5.74) is -14.4. The molecule has 2 unspecified atom stereocenters. The van der Waals surface area contributed by atoms with Crippen LogP contribution in [0.15, 0.2) is 0 Å². The Labute approximate surface area is 117 Å². The molecule has 0 fully saturated rings. The summed E-state index contributed by atoms with van der Waals surface area (Å²) >= 11 is 11.4. The molecule has 0 bridgehead atoms. The SMILES string of the molecule is FC(F)(F)C(F)(C(F)(F)Cl)C(F)(C(F)(F)F)C(F)(Cl)Cl. The molecule has 0 spiro atoms. The summed E-state index contributed by atoms with van der Waals surface area (Å²) in [5.74, 6) is 0. The van der Waals surface area contributed by atoms with Crippen LogP contribution < -0.4 is 0 Å². The Bertz CT molecular complexity index is 294. The van der Waals surface area contributed by atoms with Gasteiger partial charge in [-0.1, -0.05) is 23.2 Å². The first-order valence-corrected chi connectivity index (χ1v) is 5.03. The third-order valence-corrected chi connectivity index (χ3v) is 2.82. The van der Waals surface area contributed by atoms with E-state index in [0.29, 0.717) is 0 Å². The highest BCUT2D eigenvalue weighted by Crippen LogP contribution is 2.65. The molecule has 0 amide bonds. The number of hydrogen-bond donors (Lipinski definition) is 0. The average molecular weight is 387 g/mol. The van der Waals surface area contributed by atoms with Gasteiger partial charge >= 0.3 is 33.7 Å². The van der Waals surface area contributed by atoms with E-state index in [1.54, 1.807) is 0 Å². The summed E-state index contributed by atoms with van der Waals surface area (Å²) in [4.78, 5) is 0. The Hall–Kier alpha value is 0.1000. The second-order valence-corrected chi connectivity index (χ2v) is 5.02. The first kappa shape index (κ1) is 20.1. The van der Waals surface area contributed by atoms with Gasteiger partial charge in [0.1, 0.15) is 0 Å². The minimum absolute atomic E-state index is 3.57. The fourth-order valence-electron chi connectivity index (χ4n) is 1.10. The fourth-order valence-corrected chi connectivity index (χ4v) is 1.81. The predicted molar refractivity (Wildman–Crippen MR) is 46.1 cm³/mol. The molecule has 0 saturated heterocycles. The summed E-state index contributed by atoms with van der Waals surface area (Å²) in [6.45, 7) is 0. The molecule has 2 atom stereocenters. The van der Waals surface area contributed by atoms with E-state index in [1.807, 2.05) is 0 Å². The van der Waals surface area contributed by atoms with Gasteiger partial charge in [0, 0.05) is 0 Å². The van der Waals surface area contributed by atoms with Gasteiger partial charge in [0.2, 0.25) is 0 Å².